The molecule has 2 aromatic rings. The Morgan fingerprint density at radius 3 is 2.21 bits per heavy atom. The van der Waals surface area contributed by atoms with Crippen LogP contribution in [0.1, 0.15) is 15.9 Å². The molecular formula is C22H27N3O4. The van der Waals surface area contributed by atoms with Crippen molar-refractivity contribution in [3.8, 4) is 11.5 Å². The summed E-state index contributed by atoms with van der Waals surface area (Å²) in [5.41, 5.74) is 1.74. The average Bonchev–Trinajstić information content (AvgIpc) is 2.79. The minimum absolute atomic E-state index is 0.0131. The molecule has 0 radical (unpaired) electrons. The molecule has 3 rings (SSSR count). The summed E-state index contributed by atoms with van der Waals surface area (Å²) in [7, 11) is 3.20. The first-order valence-electron chi connectivity index (χ1n) is 9.70. The number of rotatable bonds is 6. The monoisotopic (exact) mass is 397 g/mol. The van der Waals surface area contributed by atoms with E-state index in [1.807, 2.05) is 48.5 Å². The van der Waals surface area contributed by atoms with Crippen LogP contribution in [0.4, 0.5) is 4.79 Å². The van der Waals surface area contributed by atoms with Crippen molar-refractivity contribution in [3.63, 3.8) is 0 Å². The molecule has 7 nitrogen and oxygen atoms in total. The molecular weight excluding hydrogens is 370 g/mol. The minimum atomic E-state index is -0.0997. The third-order valence-corrected chi connectivity index (χ3v) is 5.01. The predicted molar refractivity (Wildman–Crippen MR) is 111 cm³/mol. The Morgan fingerprint density at radius 2 is 1.55 bits per heavy atom. The van der Waals surface area contributed by atoms with Gasteiger partial charge in [0.2, 0.25) is 0 Å². The van der Waals surface area contributed by atoms with Crippen LogP contribution in [-0.2, 0) is 6.42 Å². The van der Waals surface area contributed by atoms with Crippen molar-refractivity contribution in [2.75, 3.05) is 46.9 Å². The molecule has 29 heavy (non-hydrogen) atoms. The Kier molecular flexibility index (Phi) is 6.94. The molecule has 0 bridgehead atoms. The Morgan fingerprint density at radius 1 is 0.897 bits per heavy atom. The normalized spacial score (nSPS) is 13.7. The average molecular weight is 397 g/mol. The highest BCUT2D eigenvalue weighted by molar-refractivity contribution is 5.94. The number of amides is 3. The molecule has 0 aromatic heterocycles. The molecule has 1 aliphatic heterocycles. The molecule has 1 saturated heterocycles. The highest BCUT2D eigenvalue weighted by Gasteiger charge is 2.24. The van der Waals surface area contributed by atoms with Crippen LogP contribution < -0.4 is 14.8 Å². The number of hydrogen-bond donors (Lipinski definition) is 1. The summed E-state index contributed by atoms with van der Waals surface area (Å²) in [6.07, 6.45) is 0.693. The second kappa shape index (κ2) is 9.82. The van der Waals surface area contributed by atoms with Gasteiger partial charge < -0.3 is 24.6 Å². The Hall–Kier alpha value is -3.22. The van der Waals surface area contributed by atoms with E-state index in [2.05, 4.69) is 5.32 Å². The Labute approximate surface area is 171 Å². The van der Waals surface area contributed by atoms with Gasteiger partial charge in [-0.2, -0.15) is 0 Å². The second-order valence-electron chi connectivity index (χ2n) is 6.82. The van der Waals surface area contributed by atoms with Crippen LogP contribution in [0.2, 0.25) is 0 Å². The highest BCUT2D eigenvalue weighted by Crippen LogP contribution is 2.27. The van der Waals surface area contributed by atoms with Crippen LogP contribution in [0.25, 0.3) is 0 Å². The smallest absolute Gasteiger partial charge is 0.317 e. The molecule has 1 fully saturated rings. The summed E-state index contributed by atoms with van der Waals surface area (Å²) in [5.74, 6) is 1.37. The van der Waals surface area contributed by atoms with E-state index in [1.54, 1.807) is 24.0 Å². The number of ether oxygens (including phenoxy) is 2. The van der Waals surface area contributed by atoms with Gasteiger partial charge in [0.05, 0.1) is 14.2 Å². The summed E-state index contributed by atoms with van der Waals surface area (Å²) < 4.78 is 10.5. The first-order chi connectivity index (χ1) is 14.1. The van der Waals surface area contributed by atoms with E-state index < -0.39 is 0 Å². The quantitative estimate of drug-likeness (QED) is 0.813. The van der Waals surface area contributed by atoms with Crippen molar-refractivity contribution in [3.05, 3.63) is 59.7 Å². The highest BCUT2D eigenvalue weighted by atomic mass is 16.5. The van der Waals surface area contributed by atoms with Gasteiger partial charge >= 0.3 is 6.03 Å². The Bertz CT molecular complexity index is 833. The molecule has 0 saturated carbocycles. The van der Waals surface area contributed by atoms with Gasteiger partial charge in [0, 0.05) is 38.3 Å². The van der Waals surface area contributed by atoms with Crippen molar-refractivity contribution >= 4 is 11.9 Å². The van der Waals surface area contributed by atoms with Gasteiger partial charge in [-0.15, -0.1) is 0 Å². The number of carbonyl (C=O) groups is 2. The van der Waals surface area contributed by atoms with Gasteiger partial charge in [-0.3, -0.25) is 4.79 Å². The topological polar surface area (TPSA) is 71.1 Å². The van der Waals surface area contributed by atoms with Crippen LogP contribution in [0.3, 0.4) is 0 Å². The summed E-state index contributed by atoms with van der Waals surface area (Å²) in [4.78, 5) is 28.5. The lowest BCUT2D eigenvalue weighted by molar-refractivity contribution is 0.0665. The second-order valence-corrected chi connectivity index (χ2v) is 6.82. The van der Waals surface area contributed by atoms with Gasteiger partial charge in [0.15, 0.2) is 11.5 Å². The third kappa shape index (κ3) is 5.19. The molecule has 1 aliphatic rings. The summed E-state index contributed by atoms with van der Waals surface area (Å²) in [6, 6.07) is 14.9. The van der Waals surface area contributed by atoms with Crippen molar-refractivity contribution in [1.82, 2.24) is 15.1 Å². The number of hydrogen-bond acceptors (Lipinski definition) is 4. The van der Waals surface area contributed by atoms with Crippen LogP contribution in [0.15, 0.2) is 48.5 Å². The maximum atomic E-state index is 12.5. The van der Waals surface area contributed by atoms with Crippen LogP contribution in [0, 0.1) is 0 Å². The number of nitrogens with zero attached hydrogens (tertiary/aromatic N) is 2. The number of carbonyl (C=O) groups excluding carboxylic acids is 2. The van der Waals surface area contributed by atoms with Crippen LogP contribution in [-0.4, -0.2) is 68.7 Å². The number of benzene rings is 2. The van der Waals surface area contributed by atoms with E-state index in [4.69, 9.17) is 9.47 Å². The minimum Gasteiger partial charge on any atom is -0.493 e. The molecule has 7 heteroatoms. The lowest BCUT2D eigenvalue weighted by atomic mass is 10.1. The molecule has 3 amide bonds. The van der Waals surface area contributed by atoms with Gasteiger partial charge in [-0.05, 0) is 36.2 Å². The third-order valence-electron chi connectivity index (χ3n) is 5.01. The number of methoxy groups -OCH3 is 2. The van der Waals surface area contributed by atoms with Crippen molar-refractivity contribution in [1.29, 1.82) is 0 Å². The summed E-state index contributed by atoms with van der Waals surface area (Å²) in [6.45, 7) is 2.66. The fourth-order valence-electron chi connectivity index (χ4n) is 3.34. The van der Waals surface area contributed by atoms with Crippen molar-refractivity contribution in [2.24, 2.45) is 0 Å². The molecule has 1 heterocycles. The summed E-state index contributed by atoms with van der Waals surface area (Å²) in [5, 5.41) is 2.95. The molecule has 154 valence electrons. The van der Waals surface area contributed by atoms with E-state index in [-0.39, 0.29) is 11.9 Å². The van der Waals surface area contributed by atoms with E-state index >= 15 is 0 Å². The molecule has 2 aromatic carbocycles. The lowest BCUT2D eigenvalue weighted by Gasteiger charge is -2.34. The zero-order chi connectivity index (χ0) is 20.6. The van der Waals surface area contributed by atoms with Crippen molar-refractivity contribution < 1.29 is 19.1 Å². The largest absolute Gasteiger partial charge is 0.493 e. The standard InChI is InChI=1S/C22H27N3O4/c1-28-19-9-8-17(16-20(19)29-2)10-11-23-22(27)25-14-12-24(13-15-25)21(26)18-6-4-3-5-7-18/h3-9,16H,10-15H2,1-2H3,(H,23,27). The molecule has 0 unspecified atom stereocenters. The van der Waals surface area contributed by atoms with Crippen LogP contribution >= 0.6 is 0 Å². The molecule has 0 spiro atoms. The van der Waals surface area contributed by atoms with Gasteiger partial charge in [0.25, 0.3) is 5.91 Å². The number of nitrogens with one attached hydrogen (secondary N) is 1. The van der Waals surface area contributed by atoms with Crippen LogP contribution in [0.5, 0.6) is 11.5 Å². The van der Waals surface area contributed by atoms with Gasteiger partial charge in [0.1, 0.15) is 0 Å². The summed E-state index contributed by atoms with van der Waals surface area (Å²) >= 11 is 0. The fraction of sp³-hybridized carbons (Fsp3) is 0.364. The van der Waals surface area contributed by atoms with E-state index in [9.17, 15) is 9.59 Å². The number of piperazine rings is 1. The maximum absolute atomic E-state index is 12.5. The molecule has 0 atom stereocenters. The molecule has 1 N–H and O–H groups in total. The first-order valence-corrected chi connectivity index (χ1v) is 9.70. The maximum Gasteiger partial charge on any atom is 0.317 e. The lowest BCUT2D eigenvalue weighted by Crippen LogP contribution is -2.53. The zero-order valence-corrected chi connectivity index (χ0v) is 16.9. The SMILES string of the molecule is COc1ccc(CCNC(=O)N2CCN(C(=O)c3ccccc3)CC2)cc1OC. The fourth-order valence-corrected chi connectivity index (χ4v) is 3.34. The van der Waals surface area contributed by atoms with Gasteiger partial charge in [-0.25, -0.2) is 4.79 Å². The predicted octanol–water partition coefficient (Wildman–Crippen LogP) is 2.41. The molecule has 0 aliphatic carbocycles. The van der Waals surface area contributed by atoms with Gasteiger partial charge in [-0.1, -0.05) is 24.3 Å². The number of urea groups is 1. The zero-order valence-electron chi connectivity index (χ0n) is 16.9. The van der Waals surface area contributed by atoms with E-state index in [0.29, 0.717) is 56.2 Å². The Balaban J connectivity index is 1.44. The van der Waals surface area contributed by atoms with E-state index in [0.717, 1.165) is 5.56 Å². The first kappa shape index (κ1) is 20.5. The van der Waals surface area contributed by atoms with E-state index in [1.165, 1.54) is 0 Å². The van der Waals surface area contributed by atoms with Crippen molar-refractivity contribution in [2.45, 2.75) is 6.42 Å².